The van der Waals surface area contributed by atoms with Crippen molar-refractivity contribution in [2.75, 3.05) is 13.2 Å². The Balaban J connectivity index is 1.80. The van der Waals surface area contributed by atoms with Crippen molar-refractivity contribution in [3.05, 3.63) is 57.3 Å². The zero-order valence-corrected chi connectivity index (χ0v) is 13.2. The number of nitrogens with zero attached hydrogens (tertiary/aromatic N) is 1. The van der Waals surface area contributed by atoms with Crippen molar-refractivity contribution in [3.63, 3.8) is 0 Å². The van der Waals surface area contributed by atoms with Crippen LogP contribution in [0, 0.1) is 0 Å². The third-order valence-electron chi connectivity index (χ3n) is 4.23. The van der Waals surface area contributed by atoms with Crippen molar-refractivity contribution < 1.29 is 9.90 Å². The fraction of sp³-hybridized carbons (Fsp3) is 0.353. The van der Waals surface area contributed by atoms with Crippen LogP contribution >= 0.6 is 11.3 Å². The maximum absolute atomic E-state index is 11.2. The number of aliphatic hydroxyl groups excluding tert-OH is 1. The van der Waals surface area contributed by atoms with Gasteiger partial charge in [-0.1, -0.05) is 24.3 Å². The molecule has 1 aliphatic rings. The molecule has 5 heteroatoms. The van der Waals surface area contributed by atoms with Gasteiger partial charge in [-0.15, -0.1) is 11.3 Å². The minimum absolute atomic E-state index is 0.132. The number of amides is 1. The van der Waals surface area contributed by atoms with Crippen LogP contribution < -0.4 is 5.73 Å². The summed E-state index contributed by atoms with van der Waals surface area (Å²) in [5.74, 6) is -0.387. The first-order valence-corrected chi connectivity index (χ1v) is 8.37. The molecule has 0 saturated heterocycles. The number of aryl methyl sites for hydroxylation is 1. The Hall–Kier alpha value is -1.69. The molecule has 1 amide bonds. The summed E-state index contributed by atoms with van der Waals surface area (Å²) in [6.45, 7) is 1.49. The number of nitrogens with two attached hydrogens (primary N) is 1. The first-order valence-electron chi connectivity index (χ1n) is 7.49. The molecule has 1 unspecified atom stereocenters. The molecular weight excluding hydrogens is 296 g/mol. The molecule has 0 bridgehead atoms. The quantitative estimate of drug-likeness (QED) is 0.859. The van der Waals surface area contributed by atoms with Crippen molar-refractivity contribution in [2.24, 2.45) is 5.73 Å². The lowest BCUT2D eigenvalue weighted by atomic mass is 10.1. The van der Waals surface area contributed by atoms with Gasteiger partial charge in [-0.3, -0.25) is 9.69 Å². The van der Waals surface area contributed by atoms with E-state index in [1.165, 1.54) is 11.1 Å². The highest BCUT2D eigenvalue weighted by atomic mass is 32.1. The Bertz CT molecular complexity index is 668. The molecule has 3 rings (SSSR count). The number of thiophene rings is 1. The van der Waals surface area contributed by atoms with E-state index in [0.29, 0.717) is 18.2 Å². The average molecular weight is 316 g/mol. The van der Waals surface area contributed by atoms with E-state index in [2.05, 4.69) is 29.2 Å². The van der Waals surface area contributed by atoms with E-state index in [-0.39, 0.29) is 12.5 Å². The minimum atomic E-state index is -0.387. The van der Waals surface area contributed by atoms with Gasteiger partial charge in [-0.25, -0.2) is 0 Å². The lowest BCUT2D eigenvalue weighted by molar-refractivity contribution is 0.100. The van der Waals surface area contributed by atoms with Crippen LogP contribution in [0.3, 0.4) is 0 Å². The van der Waals surface area contributed by atoms with Gasteiger partial charge >= 0.3 is 0 Å². The number of benzene rings is 1. The standard InChI is InChI=1S/C17H20N2O2S/c18-17(21)13-9-14(22-11-13)10-19(7-8-20)16-6-5-12-3-1-2-4-15(12)16/h1-4,9,11,16,20H,5-8,10H2,(H2,18,21). The number of carbonyl (C=O) groups is 1. The number of hydrogen-bond acceptors (Lipinski definition) is 4. The van der Waals surface area contributed by atoms with Gasteiger partial charge in [0, 0.05) is 29.4 Å². The Labute approximate surface area is 134 Å². The lowest BCUT2D eigenvalue weighted by Crippen LogP contribution is -2.29. The van der Waals surface area contributed by atoms with Gasteiger partial charge in [-0.2, -0.15) is 0 Å². The van der Waals surface area contributed by atoms with E-state index in [1.807, 2.05) is 6.07 Å². The molecule has 0 saturated carbocycles. The summed E-state index contributed by atoms with van der Waals surface area (Å²) in [4.78, 5) is 14.6. The maximum Gasteiger partial charge on any atom is 0.249 e. The van der Waals surface area contributed by atoms with Crippen LogP contribution in [0.4, 0.5) is 0 Å². The fourth-order valence-corrected chi connectivity index (χ4v) is 4.08. The van der Waals surface area contributed by atoms with Crippen molar-refractivity contribution in [2.45, 2.75) is 25.4 Å². The van der Waals surface area contributed by atoms with Crippen molar-refractivity contribution in [3.8, 4) is 0 Å². The van der Waals surface area contributed by atoms with Gasteiger partial charge in [0.25, 0.3) is 0 Å². The van der Waals surface area contributed by atoms with E-state index < -0.39 is 0 Å². The zero-order chi connectivity index (χ0) is 15.5. The number of primary amides is 1. The summed E-state index contributed by atoms with van der Waals surface area (Å²) in [5, 5.41) is 11.2. The Kier molecular flexibility index (Phi) is 4.57. The topological polar surface area (TPSA) is 66.6 Å². The number of rotatable bonds is 6. The van der Waals surface area contributed by atoms with Crippen LogP contribution in [0.25, 0.3) is 0 Å². The number of hydrogen-bond donors (Lipinski definition) is 2. The molecule has 0 aliphatic heterocycles. The molecule has 0 spiro atoms. The van der Waals surface area contributed by atoms with E-state index >= 15 is 0 Å². The molecule has 1 aromatic carbocycles. The molecule has 1 aromatic heterocycles. The SMILES string of the molecule is NC(=O)c1csc(CN(CCO)C2CCc3ccccc32)c1. The second-order valence-corrected chi connectivity index (χ2v) is 6.61. The van der Waals surface area contributed by atoms with E-state index in [4.69, 9.17) is 5.73 Å². The molecule has 116 valence electrons. The van der Waals surface area contributed by atoms with Crippen molar-refractivity contribution in [1.82, 2.24) is 4.90 Å². The molecule has 0 radical (unpaired) electrons. The number of carbonyl (C=O) groups excluding carboxylic acids is 1. The van der Waals surface area contributed by atoms with E-state index in [1.54, 1.807) is 16.7 Å². The molecular formula is C17H20N2O2S. The van der Waals surface area contributed by atoms with Gasteiger partial charge in [0.15, 0.2) is 0 Å². The number of aliphatic hydroxyl groups is 1. The summed E-state index contributed by atoms with van der Waals surface area (Å²) in [5.41, 5.74) is 8.65. The van der Waals surface area contributed by atoms with Crippen molar-refractivity contribution in [1.29, 1.82) is 0 Å². The summed E-state index contributed by atoms with van der Waals surface area (Å²) in [6, 6.07) is 10.7. The maximum atomic E-state index is 11.2. The van der Waals surface area contributed by atoms with Gasteiger partial charge < -0.3 is 10.8 Å². The minimum Gasteiger partial charge on any atom is -0.395 e. The highest BCUT2D eigenvalue weighted by Crippen LogP contribution is 2.36. The molecule has 1 atom stereocenters. The first-order chi connectivity index (χ1) is 10.7. The molecule has 1 aliphatic carbocycles. The van der Waals surface area contributed by atoms with E-state index in [9.17, 15) is 9.90 Å². The van der Waals surface area contributed by atoms with Crippen LogP contribution in [-0.2, 0) is 13.0 Å². The molecule has 1 heterocycles. The monoisotopic (exact) mass is 316 g/mol. The zero-order valence-electron chi connectivity index (χ0n) is 12.4. The van der Waals surface area contributed by atoms with Crippen LogP contribution in [-0.4, -0.2) is 29.1 Å². The molecule has 22 heavy (non-hydrogen) atoms. The van der Waals surface area contributed by atoms with Crippen LogP contribution in [0.5, 0.6) is 0 Å². The summed E-state index contributed by atoms with van der Waals surface area (Å²) < 4.78 is 0. The summed E-state index contributed by atoms with van der Waals surface area (Å²) >= 11 is 1.55. The average Bonchev–Trinajstić information content (AvgIpc) is 3.13. The van der Waals surface area contributed by atoms with E-state index in [0.717, 1.165) is 24.3 Å². The molecule has 2 aromatic rings. The highest BCUT2D eigenvalue weighted by molar-refractivity contribution is 7.10. The largest absolute Gasteiger partial charge is 0.395 e. The second kappa shape index (κ2) is 6.60. The predicted octanol–water partition coefficient (Wildman–Crippen LogP) is 2.33. The van der Waals surface area contributed by atoms with Gasteiger partial charge in [-0.05, 0) is 30.0 Å². The number of fused-ring (bicyclic) bond motifs is 1. The lowest BCUT2D eigenvalue weighted by Gasteiger charge is -2.28. The van der Waals surface area contributed by atoms with Gasteiger partial charge in [0.05, 0.1) is 12.2 Å². The molecule has 0 fully saturated rings. The summed E-state index contributed by atoms with van der Waals surface area (Å²) in [7, 11) is 0. The predicted molar refractivity (Wildman–Crippen MR) is 87.8 cm³/mol. The van der Waals surface area contributed by atoms with Gasteiger partial charge in [0.1, 0.15) is 0 Å². The normalized spacial score (nSPS) is 16.9. The Morgan fingerprint density at radius 3 is 2.95 bits per heavy atom. The van der Waals surface area contributed by atoms with Crippen molar-refractivity contribution >= 4 is 17.2 Å². The third kappa shape index (κ3) is 3.06. The Morgan fingerprint density at radius 2 is 2.23 bits per heavy atom. The third-order valence-corrected chi connectivity index (χ3v) is 5.15. The highest BCUT2D eigenvalue weighted by Gasteiger charge is 2.27. The Morgan fingerprint density at radius 1 is 1.41 bits per heavy atom. The molecule has 3 N–H and O–H groups in total. The van der Waals surface area contributed by atoms with Crippen LogP contribution in [0.1, 0.15) is 38.8 Å². The van der Waals surface area contributed by atoms with Crippen LogP contribution in [0.2, 0.25) is 0 Å². The molecule has 4 nitrogen and oxygen atoms in total. The summed E-state index contributed by atoms with van der Waals surface area (Å²) in [6.07, 6.45) is 2.16. The second-order valence-electron chi connectivity index (χ2n) is 5.61. The van der Waals surface area contributed by atoms with Gasteiger partial charge in [0.2, 0.25) is 5.91 Å². The van der Waals surface area contributed by atoms with Crippen LogP contribution in [0.15, 0.2) is 35.7 Å². The smallest absolute Gasteiger partial charge is 0.249 e. The fourth-order valence-electron chi connectivity index (χ4n) is 3.18. The first kappa shape index (κ1) is 15.2.